The quantitative estimate of drug-likeness (QED) is 0.792. The van der Waals surface area contributed by atoms with E-state index in [1.165, 1.54) is 0 Å². The summed E-state index contributed by atoms with van der Waals surface area (Å²) in [6.45, 7) is 7.33. The molecule has 118 valence electrons. The van der Waals surface area contributed by atoms with Gasteiger partial charge in [0.2, 0.25) is 5.88 Å². The summed E-state index contributed by atoms with van der Waals surface area (Å²) in [4.78, 5) is 11.2. The predicted molar refractivity (Wildman–Crippen MR) is 86.7 cm³/mol. The Morgan fingerprint density at radius 1 is 1.36 bits per heavy atom. The van der Waals surface area contributed by atoms with Crippen molar-refractivity contribution in [1.82, 2.24) is 14.9 Å². The third kappa shape index (κ3) is 3.66. The first-order valence-electron chi connectivity index (χ1n) is 7.59. The second-order valence-electron chi connectivity index (χ2n) is 5.43. The monoisotopic (exact) mass is 321 g/mol. The lowest BCUT2D eigenvalue weighted by atomic mass is 10.2. The van der Waals surface area contributed by atoms with E-state index in [-0.39, 0.29) is 0 Å². The lowest BCUT2D eigenvalue weighted by molar-refractivity contribution is 0.0357. The number of fused-ring (bicyclic) bond motifs is 1. The van der Waals surface area contributed by atoms with Gasteiger partial charge in [-0.3, -0.25) is 9.88 Å². The molecule has 6 heteroatoms. The standard InChI is InChI=1S/C16H20ClN3O2/c1-12-11-14-15(13(17)3-4-18-14)19-16(12)22-8-2-5-20-6-9-21-10-7-20/h3-4,11H,2,5-10H2,1H3. The molecule has 0 aromatic carbocycles. The molecule has 1 fully saturated rings. The number of hydrogen-bond donors (Lipinski definition) is 0. The van der Waals surface area contributed by atoms with Gasteiger partial charge in [-0.25, -0.2) is 4.98 Å². The summed E-state index contributed by atoms with van der Waals surface area (Å²) in [5, 5.41) is 0.600. The van der Waals surface area contributed by atoms with Gasteiger partial charge in [-0.15, -0.1) is 0 Å². The van der Waals surface area contributed by atoms with E-state index in [0.717, 1.165) is 50.3 Å². The summed E-state index contributed by atoms with van der Waals surface area (Å²) in [7, 11) is 0. The van der Waals surface area contributed by atoms with Crippen molar-refractivity contribution >= 4 is 22.6 Å². The molecule has 1 aliphatic rings. The van der Waals surface area contributed by atoms with Crippen LogP contribution in [0.5, 0.6) is 5.88 Å². The first-order chi connectivity index (χ1) is 10.7. The molecule has 22 heavy (non-hydrogen) atoms. The van der Waals surface area contributed by atoms with Gasteiger partial charge in [-0.2, -0.15) is 0 Å². The zero-order chi connectivity index (χ0) is 15.4. The number of halogens is 1. The summed E-state index contributed by atoms with van der Waals surface area (Å²) in [6, 6.07) is 3.71. The zero-order valence-corrected chi connectivity index (χ0v) is 13.5. The Hall–Kier alpha value is -1.43. The number of aryl methyl sites for hydroxylation is 1. The van der Waals surface area contributed by atoms with Crippen molar-refractivity contribution in [3.05, 3.63) is 28.9 Å². The highest BCUT2D eigenvalue weighted by atomic mass is 35.5. The fourth-order valence-electron chi connectivity index (χ4n) is 2.55. The van der Waals surface area contributed by atoms with Gasteiger partial charge in [-0.05, 0) is 25.5 Å². The largest absolute Gasteiger partial charge is 0.477 e. The van der Waals surface area contributed by atoms with E-state index in [9.17, 15) is 0 Å². The second-order valence-corrected chi connectivity index (χ2v) is 5.83. The Labute approximate surface area is 135 Å². The van der Waals surface area contributed by atoms with Crippen LogP contribution in [0.1, 0.15) is 12.0 Å². The van der Waals surface area contributed by atoms with Gasteiger partial charge < -0.3 is 9.47 Å². The van der Waals surface area contributed by atoms with Crippen LogP contribution in [0, 0.1) is 6.92 Å². The van der Waals surface area contributed by atoms with Crippen LogP contribution >= 0.6 is 11.6 Å². The number of hydrogen-bond acceptors (Lipinski definition) is 5. The molecule has 0 atom stereocenters. The first-order valence-corrected chi connectivity index (χ1v) is 7.96. The predicted octanol–water partition coefficient (Wildman–Crippen LogP) is 2.69. The Bertz CT molecular complexity index is 645. The number of morpholine rings is 1. The summed E-state index contributed by atoms with van der Waals surface area (Å²) in [5.41, 5.74) is 2.47. The molecule has 5 nitrogen and oxygen atoms in total. The van der Waals surface area contributed by atoms with Crippen molar-refractivity contribution in [2.24, 2.45) is 0 Å². The van der Waals surface area contributed by atoms with Gasteiger partial charge in [0.15, 0.2) is 0 Å². The first kappa shape index (κ1) is 15.5. The molecule has 2 aromatic rings. The van der Waals surface area contributed by atoms with Crippen LogP contribution in [0.3, 0.4) is 0 Å². The van der Waals surface area contributed by atoms with Gasteiger partial charge in [0, 0.05) is 31.4 Å². The molecule has 0 radical (unpaired) electrons. The van der Waals surface area contributed by atoms with E-state index < -0.39 is 0 Å². The van der Waals surface area contributed by atoms with Crippen molar-refractivity contribution in [3.63, 3.8) is 0 Å². The molecule has 2 aromatic heterocycles. The molecular formula is C16H20ClN3O2. The third-order valence-electron chi connectivity index (χ3n) is 3.77. The van der Waals surface area contributed by atoms with Gasteiger partial charge in [0.25, 0.3) is 0 Å². The fourth-order valence-corrected chi connectivity index (χ4v) is 2.74. The highest BCUT2D eigenvalue weighted by Crippen LogP contribution is 2.25. The van der Waals surface area contributed by atoms with Gasteiger partial charge >= 0.3 is 0 Å². The minimum Gasteiger partial charge on any atom is -0.477 e. The Morgan fingerprint density at radius 2 is 2.18 bits per heavy atom. The van der Waals surface area contributed by atoms with Crippen LogP contribution in [-0.2, 0) is 4.74 Å². The normalized spacial score (nSPS) is 16.1. The molecule has 0 N–H and O–H groups in total. The van der Waals surface area contributed by atoms with Gasteiger partial charge in [0.1, 0.15) is 5.52 Å². The molecule has 0 bridgehead atoms. The van der Waals surface area contributed by atoms with Crippen LogP contribution in [0.25, 0.3) is 11.0 Å². The average molecular weight is 322 g/mol. The molecule has 1 saturated heterocycles. The smallest absolute Gasteiger partial charge is 0.216 e. The summed E-state index contributed by atoms with van der Waals surface area (Å²) < 4.78 is 11.2. The molecule has 0 unspecified atom stereocenters. The molecule has 3 heterocycles. The molecule has 0 spiro atoms. The van der Waals surface area contributed by atoms with Crippen molar-refractivity contribution in [2.45, 2.75) is 13.3 Å². The highest BCUT2D eigenvalue weighted by Gasteiger charge is 2.11. The van der Waals surface area contributed by atoms with E-state index in [1.54, 1.807) is 12.3 Å². The van der Waals surface area contributed by atoms with Gasteiger partial charge in [-0.1, -0.05) is 11.6 Å². The minimum atomic E-state index is 0.600. The average Bonchev–Trinajstić information content (AvgIpc) is 2.53. The zero-order valence-electron chi connectivity index (χ0n) is 12.7. The molecule has 1 aliphatic heterocycles. The Balaban J connectivity index is 1.59. The molecule has 0 aliphatic carbocycles. The molecule has 3 rings (SSSR count). The van der Waals surface area contributed by atoms with Crippen molar-refractivity contribution in [3.8, 4) is 5.88 Å². The van der Waals surface area contributed by atoms with E-state index >= 15 is 0 Å². The molecular weight excluding hydrogens is 302 g/mol. The molecule has 0 amide bonds. The minimum absolute atomic E-state index is 0.600. The second kappa shape index (κ2) is 7.22. The topological polar surface area (TPSA) is 47.5 Å². The lowest BCUT2D eigenvalue weighted by Gasteiger charge is -2.26. The van der Waals surface area contributed by atoms with Crippen LogP contribution in [-0.4, -0.2) is 54.3 Å². The fraction of sp³-hybridized carbons (Fsp3) is 0.500. The highest BCUT2D eigenvalue weighted by molar-refractivity contribution is 6.34. The van der Waals surface area contributed by atoms with E-state index in [2.05, 4.69) is 14.9 Å². The van der Waals surface area contributed by atoms with E-state index in [0.29, 0.717) is 23.0 Å². The van der Waals surface area contributed by atoms with Gasteiger partial charge in [0.05, 0.1) is 30.4 Å². The van der Waals surface area contributed by atoms with Crippen LogP contribution in [0.4, 0.5) is 0 Å². The lowest BCUT2D eigenvalue weighted by Crippen LogP contribution is -2.37. The van der Waals surface area contributed by atoms with E-state index in [4.69, 9.17) is 21.1 Å². The SMILES string of the molecule is Cc1cc2nccc(Cl)c2nc1OCCCN1CCOCC1. The number of pyridine rings is 2. The summed E-state index contributed by atoms with van der Waals surface area (Å²) >= 11 is 6.17. The van der Waals surface area contributed by atoms with E-state index in [1.807, 2.05) is 13.0 Å². The summed E-state index contributed by atoms with van der Waals surface area (Å²) in [6.07, 6.45) is 2.66. The Kier molecular flexibility index (Phi) is 5.08. The number of nitrogens with zero attached hydrogens (tertiary/aromatic N) is 3. The van der Waals surface area contributed by atoms with Crippen LogP contribution in [0.15, 0.2) is 18.3 Å². The third-order valence-corrected chi connectivity index (χ3v) is 4.07. The van der Waals surface area contributed by atoms with Crippen LogP contribution < -0.4 is 4.74 Å². The van der Waals surface area contributed by atoms with Crippen molar-refractivity contribution in [2.75, 3.05) is 39.5 Å². The maximum absolute atomic E-state index is 6.17. The maximum Gasteiger partial charge on any atom is 0.216 e. The van der Waals surface area contributed by atoms with Crippen molar-refractivity contribution < 1.29 is 9.47 Å². The number of rotatable bonds is 5. The number of ether oxygens (including phenoxy) is 2. The van der Waals surface area contributed by atoms with Crippen LogP contribution in [0.2, 0.25) is 5.02 Å². The maximum atomic E-state index is 6.17. The Morgan fingerprint density at radius 3 is 3.00 bits per heavy atom. The molecule has 0 saturated carbocycles. The number of aromatic nitrogens is 2. The summed E-state index contributed by atoms with van der Waals surface area (Å²) in [5.74, 6) is 0.643. The van der Waals surface area contributed by atoms with Crippen molar-refractivity contribution in [1.29, 1.82) is 0 Å².